The van der Waals surface area contributed by atoms with E-state index in [-0.39, 0.29) is 5.90 Å². The summed E-state index contributed by atoms with van der Waals surface area (Å²) in [5, 5.41) is 8.36. The van der Waals surface area contributed by atoms with Crippen molar-refractivity contribution in [1.29, 1.82) is 5.26 Å². The SMILES string of the molecule is N#CN=C(OC=S)c1ccccc1. The molecule has 0 unspecified atom stereocenters. The molecule has 1 aromatic carbocycles. The van der Waals surface area contributed by atoms with Crippen molar-refractivity contribution in [2.45, 2.75) is 0 Å². The van der Waals surface area contributed by atoms with Crippen molar-refractivity contribution in [3.05, 3.63) is 35.9 Å². The second kappa shape index (κ2) is 5.01. The van der Waals surface area contributed by atoms with Gasteiger partial charge < -0.3 is 4.74 Å². The van der Waals surface area contributed by atoms with Gasteiger partial charge >= 0.3 is 0 Å². The highest BCUT2D eigenvalue weighted by Crippen LogP contribution is 2.01. The average molecular weight is 190 g/mol. The van der Waals surface area contributed by atoms with E-state index in [0.29, 0.717) is 0 Å². The number of hydrogen-bond acceptors (Lipinski definition) is 4. The number of thiocarbonyl (C=S) groups is 1. The molecule has 0 aromatic heterocycles. The van der Waals surface area contributed by atoms with Crippen molar-refractivity contribution < 1.29 is 4.74 Å². The molecule has 0 amide bonds. The topological polar surface area (TPSA) is 45.4 Å². The van der Waals surface area contributed by atoms with Crippen molar-refractivity contribution in [2.75, 3.05) is 0 Å². The van der Waals surface area contributed by atoms with Gasteiger partial charge in [0.15, 0.2) is 5.55 Å². The van der Waals surface area contributed by atoms with Crippen LogP contribution in [0.1, 0.15) is 5.56 Å². The van der Waals surface area contributed by atoms with Crippen LogP contribution >= 0.6 is 12.2 Å². The summed E-state index contributed by atoms with van der Waals surface area (Å²) < 4.78 is 4.89. The lowest BCUT2D eigenvalue weighted by Crippen LogP contribution is -2.03. The Balaban J connectivity index is 2.97. The second-order valence-corrected chi connectivity index (χ2v) is 2.29. The Labute approximate surface area is 81.3 Å². The van der Waals surface area contributed by atoms with E-state index in [2.05, 4.69) is 17.2 Å². The normalized spacial score (nSPS) is 10.2. The number of nitriles is 1. The van der Waals surface area contributed by atoms with Gasteiger partial charge in [0, 0.05) is 5.56 Å². The predicted molar refractivity (Wildman–Crippen MR) is 53.3 cm³/mol. The highest BCUT2D eigenvalue weighted by Gasteiger charge is 2.01. The Morgan fingerprint density at radius 2 is 2.15 bits per heavy atom. The maximum absolute atomic E-state index is 8.36. The van der Waals surface area contributed by atoms with Gasteiger partial charge in [-0.25, -0.2) is 0 Å². The van der Waals surface area contributed by atoms with Gasteiger partial charge in [-0.3, -0.25) is 0 Å². The van der Waals surface area contributed by atoms with E-state index < -0.39 is 0 Å². The number of nitrogens with zero attached hydrogens (tertiary/aromatic N) is 2. The molecule has 1 aromatic rings. The van der Waals surface area contributed by atoms with Crippen LogP contribution in [0.25, 0.3) is 0 Å². The van der Waals surface area contributed by atoms with Gasteiger partial charge in [-0.2, -0.15) is 5.26 Å². The molecule has 0 saturated carbocycles. The molecular weight excluding hydrogens is 184 g/mol. The zero-order chi connectivity index (χ0) is 9.52. The third-order valence-electron chi connectivity index (χ3n) is 1.33. The molecule has 0 aliphatic heterocycles. The molecule has 0 aliphatic rings. The number of benzene rings is 1. The zero-order valence-corrected chi connectivity index (χ0v) is 7.49. The smallest absolute Gasteiger partial charge is 0.237 e. The molecule has 0 saturated heterocycles. The predicted octanol–water partition coefficient (Wildman–Crippen LogP) is 1.89. The summed E-state index contributed by atoms with van der Waals surface area (Å²) in [5.74, 6) is 0.220. The highest BCUT2D eigenvalue weighted by atomic mass is 32.1. The van der Waals surface area contributed by atoms with Crippen LogP contribution in [0, 0.1) is 11.5 Å². The summed E-state index contributed by atoms with van der Waals surface area (Å²) in [7, 11) is 0. The van der Waals surface area contributed by atoms with Crippen LogP contribution in [0.2, 0.25) is 0 Å². The summed E-state index contributed by atoms with van der Waals surface area (Å²) in [6.45, 7) is 0. The Kier molecular flexibility index (Phi) is 3.61. The number of hydrogen-bond donors (Lipinski definition) is 0. The minimum absolute atomic E-state index is 0.220. The van der Waals surface area contributed by atoms with Crippen LogP contribution in [0.15, 0.2) is 35.3 Å². The molecule has 1 rings (SSSR count). The average Bonchev–Trinajstić information content (AvgIpc) is 2.19. The van der Waals surface area contributed by atoms with Crippen LogP contribution in [-0.4, -0.2) is 11.5 Å². The molecule has 4 heteroatoms. The van der Waals surface area contributed by atoms with E-state index in [0.717, 1.165) is 11.1 Å². The minimum Gasteiger partial charge on any atom is -0.434 e. The summed E-state index contributed by atoms with van der Waals surface area (Å²) in [6.07, 6.45) is 1.65. The molecule has 3 nitrogen and oxygen atoms in total. The molecule has 0 bridgehead atoms. The Bertz CT molecular complexity index is 354. The number of ether oxygens (including phenoxy) is 1. The summed E-state index contributed by atoms with van der Waals surface area (Å²) in [6, 6.07) is 9.10. The van der Waals surface area contributed by atoms with Gasteiger partial charge in [0.25, 0.3) is 0 Å². The molecule has 0 fully saturated rings. The fourth-order valence-corrected chi connectivity index (χ4v) is 0.922. The maximum Gasteiger partial charge on any atom is 0.237 e. The third-order valence-corrected chi connectivity index (χ3v) is 1.43. The number of aliphatic imine (C=N–C) groups is 1. The second-order valence-electron chi connectivity index (χ2n) is 2.10. The lowest BCUT2D eigenvalue weighted by Gasteiger charge is -2.00. The minimum atomic E-state index is 0.220. The van der Waals surface area contributed by atoms with Crippen LogP contribution in [-0.2, 0) is 4.74 Å². The van der Waals surface area contributed by atoms with Crippen molar-refractivity contribution in [3.63, 3.8) is 0 Å². The zero-order valence-electron chi connectivity index (χ0n) is 6.68. The summed E-state index contributed by atoms with van der Waals surface area (Å²) >= 11 is 4.50. The van der Waals surface area contributed by atoms with Crippen LogP contribution in [0.3, 0.4) is 0 Å². The standard InChI is InChI=1S/C9H6N2OS/c10-6-11-9(12-7-13)8-4-2-1-3-5-8/h1-5,7H. The quantitative estimate of drug-likeness (QED) is 0.309. The largest absolute Gasteiger partial charge is 0.434 e. The van der Waals surface area contributed by atoms with Crippen molar-refractivity contribution in [1.82, 2.24) is 0 Å². The summed E-state index contributed by atoms with van der Waals surface area (Å²) in [4.78, 5) is 3.49. The van der Waals surface area contributed by atoms with Gasteiger partial charge in [-0.05, 0) is 24.4 Å². The molecule has 64 valence electrons. The van der Waals surface area contributed by atoms with Gasteiger partial charge in [0.1, 0.15) is 0 Å². The number of rotatable bonds is 2. The van der Waals surface area contributed by atoms with Crippen molar-refractivity contribution in [3.8, 4) is 6.19 Å². The Morgan fingerprint density at radius 1 is 1.46 bits per heavy atom. The molecule has 0 heterocycles. The van der Waals surface area contributed by atoms with Crippen LogP contribution in [0.5, 0.6) is 0 Å². The third kappa shape index (κ3) is 2.65. The van der Waals surface area contributed by atoms with E-state index in [9.17, 15) is 0 Å². The van der Waals surface area contributed by atoms with E-state index in [1.807, 2.05) is 18.2 Å². The maximum atomic E-state index is 8.36. The van der Waals surface area contributed by atoms with Gasteiger partial charge in [0.2, 0.25) is 12.1 Å². The highest BCUT2D eigenvalue weighted by molar-refractivity contribution is 7.78. The molecule has 0 aliphatic carbocycles. The first-order valence-electron chi connectivity index (χ1n) is 3.51. The van der Waals surface area contributed by atoms with E-state index in [1.165, 1.54) is 0 Å². The van der Waals surface area contributed by atoms with Gasteiger partial charge in [-0.1, -0.05) is 18.2 Å². The van der Waals surface area contributed by atoms with Crippen LogP contribution in [0.4, 0.5) is 0 Å². The molecule has 0 N–H and O–H groups in total. The first-order chi connectivity index (χ1) is 6.38. The summed E-state index contributed by atoms with van der Waals surface area (Å²) in [5.41, 5.74) is 1.80. The van der Waals surface area contributed by atoms with Gasteiger partial charge in [-0.15, -0.1) is 4.99 Å². The Hall–Kier alpha value is -1.73. The van der Waals surface area contributed by atoms with Gasteiger partial charge in [0.05, 0.1) is 0 Å². The first-order valence-corrected chi connectivity index (χ1v) is 3.98. The first kappa shape index (κ1) is 9.36. The molecule has 0 atom stereocenters. The molecule has 13 heavy (non-hydrogen) atoms. The fraction of sp³-hybridized carbons (Fsp3) is 0. The van der Waals surface area contributed by atoms with Crippen molar-refractivity contribution >= 4 is 23.7 Å². The lowest BCUT2D eigenvalue weighted by molar-refractivity contribution is 0.584. The van der Waals surface area contributed by atoms with Crippen molar-refractivity contribution in [2.24, 2.45) is 4.99 Å². The van der Waals surface area contributed by atoms with E-state index >= 15 is 0 Å². The molecule has 0 spiro atoms. The van der Waals surface area contributed by atoms with Crippen LogP contribution < -0.4 is 0 Å². The Morgan fingerprint density at radius 3 is 2.69 bits per heavy atom. The molecular formula is C9H6N2OS. The lowest BCUT2D eigenvalue weighted by atomic mass is 10.2. The fourth-order valence-electron chi connectivity index (χ4n) is 0.831. The molecule has 0 radical (unpaired) electrons. The van der Waals surface area contributed by atoms with E-state index in [1.54, 1.807) is 18.3 Å². The monoisotopic (exact) mass is 190 g/mol. The van der Waals surface area contributed by atoms with E-state index in [4.69, 9.17) is 10.00 Å².